The van der Waals surface area contributed by atoms with Crippen LogP contribution in [0.25, 0.3) is 22.3 Å². The molecule has 6 rings (SSSR count). The van der Waals surface area contributed by atoms with Gasteiger partial charge in [0.05, 0.1) is 6.54 Å². The minimum atomic E-state index is -0.551. The number of hydrogen-bond donors (Lipinski definition) is 1. The Morgan fingerprint density at radius 1 is 1.06 bits per heavy atom. The molecule has 7 nitrogen and oxygen atoms in total. The Kier molecular flexibility index (Phi) is 5.17. The number of nitrogens with zero attached hydrogens (tertiary/aromatic N) is 4. The van der Waals surface area contributed by atoms with Gasteiger partial charge in [-0.1, -0.05) is 54.5 Å². The molecule has 0 fully saturated rings. The molecule has 1 N–H and O–H groups in total. The Hall–Kier alpha value is -4.26. The number of imidazole rings is 1. The van der Waals surface area contributed by atoms with E-state index in [0.717, 1.165) is 53.0 Å². The molecular weight excluding hydrogens is 438 g/mol. The Labute approximate surface area is 202 Å². The lowest BCUT2D eigenvalue weighted by atomic mass is 9.89. The summed E-state index contributed by atoms with van der Waals surface area (Å²) >= 11 is 0. The van der Waals surface area contributed by atoms with Gasteiger partial charge in [0, 0.05) is 18.2 Å². The first-order valence-corrected chi connectivity index (χ1v) is 11.9. The SMILES string of the molecule is CCc1nc2cccnc2n1Cc1ccc2c(c1)CCc1ccccc1C2=C(C)c1noc(=O)[nH]1. The summed E-state index contributed by atoms with van der Waals surface area (Å²) in [5.41, 5.74) is 9.89. The molecule has 0 bridgehead atoms. The smallest absolute Gasteiger partial charge is 0.308 e. The van der Waals surface area contributed by atoms with Gasteiger partial charge in [-0.3, -0.25) is 9.51 Å². The van der Waals surface area contributed by atoms with Gasteiger partial charge in [0.15, 0.2) is 11.5 Å². The molecule has 7 heteroatoms. The Bertz CT molecular complexity index is 1650. The number of rotatable bonds is 4. The van der Waals surface area contributed by atoms with Crippen molar-refractivity contribution in [2.75, 3.05) is 0 Å². The maximum Gasteiger partial charge on any atom is 0.439 e. The molecule has 3 aromatic heterocycles. The molecule has 0 unspecified atom stereocenters. The minimum absolute atomic E-state index is 0.459. The monoisotopic (exact) mass is 463 g/mol. The largest absolute Gasteiger partial charge is 0.439 e. The van der Waals surface area contributed by atoms with E-state index in [1.165, 1.54) is 22.3 Å². The third-order valence-electron chi connectivity index (χ3n) is 6.80. The van der Waals surface area contributed by atoms with Crippen molar-refractivity contribution < 1.29 is 4.52 Å². The highest BCUT2D eigenvalue weighted by Gasteiger charge is 2.22. The zero-order chi connectivity index (χ0) is 23.9. The second-order valence-electron chi connectivity index (χ2n) is 8.91. The molecule has 0 aliphatic heterocycles. The van der Waals surface area contributed by atoms with Crippen molar-refractivity contribution in [3.8, 4) is 0 Å². The number of pyridine rings is 1. The van der Waals surface area contributed by atoms with Crippen LogP contribution in [0.2, 0.25) is 0 Å². The summed E-state index contributed by atoms with van der Waals surface area (Å²) < 4.78 is 7.02. The van der Waals surface area contributed by atoms with E-state index in [4.69, 9.17) is 9.51 Å². The topological polar surface area (TPSA) is 89.6 Å². The van der Waals surface area contributed by atoms with E-state index in [0.29, 0.717) is 12.4 Å². The van der Waals surface area contributed by atoms with Crippen molar-refractivity contribution in [1.29, 1.82) is 0 Å². The van der Waals surface area contributed by atoms with Gasteiger partial charge in [0.2, 0.25) is 0 Å². The highest BCUT2D eigenvalue weighted by Crippen LogP contribution is 2.38. The van der Waals surface area contributed by atoms with E-state index < -0.39 is 5.76 Å². The highest BCUT2D eigenvalue weighted by atomic mass is 16.5. The van der Waals surface area contributed by atoms with Crippen molar-refractivity contribution in [1.82, 2.24) is 24.7 Å². The fourth-order valence-electron chi connectivity index (χ4n) is 5.13. The van der Waals surface area contributed by atoms with E-state index in [1.807, 2.05) is 25.3 Å². The van der Waals surface area contributed by atoms with E-state index >= 15 is 0 Å². The van der Waals surface area contributed by atoms with Crippen LogP contribution in [-0.2, 0) is 25.8 Å². The summed E-state index contributed by atoms with van der Waals surface area (Å²) in [6.07, 6.45) is 4.53. The van der Waals surface area contributed by atoms with Crippen LogP contribution < -0.4 is 5.76 Å². The third kappa shape index (κ3) is 3.69. The summed E-state index contributed by atoms with van der Waals surface area (Å²) in [6, 6.07) is 19.1. The quantitative estimate of drug-likeness (QED) is 0.414. The minimum Gasteiger partial charge on any atom is -0.308 e. The van der Waals surface area contributed by atoms with Crippen LogP contribution in [0.4, 0.5) is 0 Å². The van der Waals surface area contributed by atoms with Crippen LogP contribution in [0.1, 0.15) is 53.3 Å². The number of aromatic amines is 1. The Morgan fingerprint density at radius 2 is 1.89 bits per heavy atom. The van der Waals surface area contributed by atoms with Crippen molar-refractivity contribution in [2.45, 2.75) is 39.7 Å². The van der Waals surface area contributed by atoms with E-state index in [2.05, 4.69) is 69.1 Å². The van der Waals surface area contributed by atoms with Gasteiger partial charge in [0.1, 0.15) is 11.3 Å². The fourth-order valence-corrected chi connectivity index (χ4v) is 5.13. The number of fused-ring (bicyclic) bond motifs is 3. The van der Waals surface area contributed by atoms with E-state index in [9.17, 15) is 4.79 Å². The van der Waals surface area contributed by atoms with Crippen LogP contribution in [0.5, 0.6) is 0 Å². The number of H-pyrrole nitrogens is 1. The Morgan fingerprint density at radius 3 is 2.71 bits per heavy atom. The molecule has 2 aromatic carbocycles. The zero-order valence-corrected chi connectivity index (χ0v) is 19.7. The molecule has 0 amide bonds. The first-order chi connectivity index (χ1) is 17.1. The van der Waals surface area contributed by atoms with Crippen molar-refractivity contribution >= 4 is 22.3 Å². The van der Waals surface area contributed by atoms with E-state index in [-0.39, 0.29) is 0 Å². The van der Waals surface area contributed by atoms with Gasteiger partial charge >= 0.3 is 5.76 Å². The molecule has 0 spiro atoms. The van der Waals surface area contributed by atoms with Crippen molar-refractivity contribution in [3.05, 3.63) is 111 Å². The van der Waals surface area contributed by atoms with Crippen LogP contribution >= 0.6 is 0 Å². The number of hydrogen-bond acceptors (Lipinski definition) is 5. The maximum absolute atomic E-state index is 11.7. The normalized spacial score (nSPS) is 14.5. The second kappa shape index (κ2) is 8.51. The molecule has 35 heavy (non-hydrogen) atoms. The molecule has 5 aromatic rings. The number of allylic oxidation sites excluding steroid dienone is 1. The molecule has 0 atom stereocenters. The Balaban J connectivity index is 1.49. The first-order valence-electron chi connectivity index (χ1n) is 11.9. The summed E-state index contributed by atoms with van der Waals surface area (Å²) in [6.45, 7) is 4.82. The molecule has 0 saturated carbocycles. The molecule has 1 aliphatic rings. The van der Waals surface area contributed by atoms with Gasteiger partial charge < -0.3 is 4.57 Å². The number of benzene rings is 2. The lowest BCUT2D eigenvalue weighted by molar-refractivity contribution is 0.385. The van der Waals surface area contributed by atoms with Crippen LogP contribution in [0, 0.1) is 0 Å². The molecule has 0 saturated heterocycles. The molecule has 3 heterocycles. The number of aromatic nitrogens is 5. The molecule has 1 aliphatic carbocycles. The first kappa shape index (κ1) is 21.3. The van der Waals surface area contributed by atoms with Crippen LogP contribution in [-0.4, -0.2) is 24.7 Å². The van der Waals surface area contributed by atoms with Crippen molar-refractivity contribution in [2.24, 2.45) is 0 Å². The predicted octanol–water partition coefficient (Wildman–Crippen LogP) is 4.80. The summed E-state index contributed by atoms with van der Waals surface area (Å²) in [7, 11) is 0. The van der Waals surface area contributed by atoms with Crippen molar-refractivity contribution in [3.63, 3.8) is 0 Å². The van der Waals surface area contributed by atoms with Crippen LogP contribution in [0.3, 0.4) is 0 Å². The van der Waals surface area contributed by atoms with Crippen LogP contribution in [0.15, 0.2) is 70.1 Å². The zero-order valence-electron chi connectivity index (χ0n) is 19.7. The number of nitrogens with one attached hydrogen (secondary N) is 1. The van der Waals surface area contributed by atoms with Gasteiger partial charge in [-0.25, -0.2) is 14.8 Å². The summed E-state index contributed by atoms with van der Waals surface area (Å²) in [5.74, 6) is 0.943. The predicted molar refractivity (Wildman–Crippen MR) is 135 cm³/mol. The number of aryl methyl sites for hydroxylation is 3. The summed E-state index contributed by atoms with van der Waals surface area (Å²) in [5, 5.41) is 3.96. The second-order valence-corrected chi connectivity index (χ2v) is 8.91. The molecule has 174 valence electrons. The van der Waals surface area contributed by atoms with Gasteiger partial charge in [0.25, 0.3) is 0 Å². The lowest BCUT2D eigenvalue weighted by Crippen LogP contribution is -2.06. The average molecular weight is 464 g/mol. The maximum atomic E-state index is 11.7. The fraction of sp³-hybridized carbons (Fsp3) is 0.214. The van der Waals surface area contributed by atoms with E-state index in [1.54, 1.807) is 0 Å². The highest BCUT2D eigenvalue weighted by molar-refractivity contribution is 5.98. The van der Waals surface area contributed by atoms with Gasteiger partial charge in [-0.05, 0) is 65.3 Å². The van der Waals surface area contributed by atoms with Gasteiger partial charge in [-0.15, -0.1) is 0 Å². The molecule has 0 radical (unpaired) electrons. The average Bonchev–Trinajstić information content (AvgIpc) is 3.43. The summed E-state index contributed by atoms with van der Waals surface area (Å²) in [4.78, 5) is 23.7. The third-order valence-corrected chi connectivity index (χ3v) is 6.80. The van der Waals surface area contributed by atoms with Gasteiger partial charge in [-0.2, -0.15) is 0 Å². The lowest BCUT2D eigenvalue weighted by Gasteiger charge is -2.16. The standard InChI is InChI=1S/C28H25N5O2/c1-3-24-30-23-9-6-14-29-27(23)33(24)16-18-10-13-22-20(15-18)12-11-19-7-4-5-8-21(19)25(22)17(2)26-31-28(34)35-32-26/h4-10,13-15H,3,11-12,16H2,1-2H3,(H,31,32,34). The molecular formula is C28H25N5O2.